The van der Waals surface area contributed by atoms with E-state index in [2.05, 4.69) is 5.32 Å². The van der Waals surface area contributed by atoms with E-state index in [0.29, 0.717) is 11.9 Å². The minimum Gasteiger partial charge on any atom is -0.490 e. The minimum absolute atomic E-state index is 0.0987. The summed E-state index contributed by atoms with van der Waals surface area (Å²) >= 11 is 0. The third-order valence-corrected chi connectivity index (χ3v) is 4.23. The highest BCUT2D eigenvalue weighted by Gasteiger charge is 2.16. The Bertz CT molecular complexity index is 702. The number of nitrogens with one attached hydrogen (secondary N) is 1. The molecular weight excluding hydrogens is 318 g/mol. The first-order valence-corrected chi connectivity index (χ1v) is 8.65. The van der Waals surface area contributed by atoms with Gasteiger partial charge < -0.3 is 19.6 Å². The molecule has 5 heteroatoms. The second-order valence-electron chi connectivity index (χ2n) is 6.21. The predicted octanol–water partition coefficient (Wildman–Crippen LogP) is 3.46. The van der Waals surface area contributed by atoms with Crippen LogP contribution >= 0.6 is 0 Å². The molecule has 0 radical (unpaired) electrons. The van der Waals surface area contributed by atoms with E-state index in [0.717, 1.165) is 24.2 Å². The number of carbonyl (C=O) groups is 1. The molecule has 1 unspecified atom stereocenters. The maximum atomic E-state index is 11.9. The van der Waals surface area contributed by atoms with Crippen molar-refractivity contribution in [2.45, 2.75) is 37.9 Å². The Kier molecular flexibility index (Phi) is 5.90. The monoisotopic (exact) mass is 341 g/mol. The first-order valence-electron chi connectivity index (χ1n) is 8.65. The Labute approximate surface area is 147 Å². The van der Waals surface area contributed by atoms with Gasteiger partial charge in [-0.1, -0.05) is 12.1 Å². The van der Waals surface area contributed by atoms with E-state index in [1.165, 1.54) is 25.2 Å². The van der Waals surface area contributed by atoms with Crippen LogP contribution in [0.25, 0.3) is 6.08 Å². The summed E-state index contributed by atoms with van der Waals surface area (Å²) in [6.45, 7) is 0.0987. The van der Waals surface area contributed by atoms with Gasteiger partial charge in [0.25, 0.3) is 0 Å². The molecule has 1 heterocycles. The van der Waals surface area contributed by atoms with E-state index in [1.54, 1.807) is 18.2 Å². The van der Waals surface area contributed by atoms with Gasteiger partial charge in [-0.3, -0.25) is 4.79 Å². The molecule has 0 saturated heterocycles. The largest absolute Gasteiger partial charge is 0.490 e. The topological polar surface area (TPSA) is 71.7 Å². The van der Waals surface area contributed by atoms with Crippen LogP contribution in [0.2, 0.25) is 0 Å². The number of amides is 1. The molecule has 1 saturated carbocycles. The summed E-state index contributed by atoms with van der Waals surface area (Å²) < 4.78 is 11.1. The number of carbonyl (C=O) groups excluding carboxylic acids is 1. The minimum atomic E-state index is -0.851. The molecule has 2 N–H and O–H groups in total. The average molecular weight is 341 g/mol. The highest BCUT2D eigenvalue weighted by atomic mass is 16.5. The van der Waals surface area contributed by atoms with E-state index >= 15 is 0 Å². The lowest BCUT2D eigenvalue weighted by Crippen LogP contribution is -2.26. The Hall–Kier alpha value is -2.53. The lowest BCUT2D eigenvalue weighted by atomic mass is 10.2. The highest BCUT2D eigenvalue weighted by molar-refractivity contribution is 5.91. The summed E-state index contributed by atoms with van der Waals surface area (Å²) in [5.74, 6) is 0.997. The van der Waals surface area contributed by atoms with Gasteiger partial charge in [0.1, 0.15) is 17.6 Å². The van der Waals surface area contributed by atoms with Crippen LogP contribution < -0.4 is 10.1 Å². The summed E-state index contributed by atoms with van der Waals surface area (Å²) in [5.41, 5.74) is 0.900. The molecule has 1 aromatic heterocycles. The van der Waals surface area contributed by atoms with E-state index in [9.17, 15) is 9.90 Å². The van der Waals surface area contributed by atoms with Crippen molar-refractivity contribution in [1.29, 1.82) is 0 Å². The number of aliphatic hydroxyl groups is 1. The number of ether oxygens (including phenoxy) is 1. The third-order valence-electron chi connectivity index (χ3n) is 4.23. The fraction of sp³-hybridized carbons (Fsp3) is 0.350. The average Bonchev–Trinajstić information content (AvgIpc) is 3.32. The van der Waals surface area contributed by atoms with E-state index < -0.39 is 6.10 Å². The van der Waals surface area contributed by atoms with Gasteiger partial charge in [0, 0.05) is 6.08 Å². The van der Waals surface area contributed by atoms with Crippen molar-refractivity contribution in [2.75, 3.05) is 6.54 Å². The van der Waals surface area contributed by atoms with Crippen LogP contribution in [-0.2, 0) is 4.79 Å². The molecule has 1 fully saturated rings. The summed E-state index contributed by atoms with van der Waals surface area (Å²) in [6, 6.07) is 11.1. The van der Waals surface area contributed by atoms with Crippen molar-refractivity contribution >= 4 is 12.0 Å². The van der Waals surface area contributed by atoms with Crippen LogP contribution in [0.15, 0.2) is 53.2 Å². The summed E-state index contributed by atoms with van der Waals surface area (Å²) in [7, 11) is 0. The Balaban J connectivity index is 1.49. The second-order valence-corrected chi connectivity index (χ2v) is 6.21. The van der Waals surface area contributed by atoms with Gasteiger partial charge in [0.15, 0.2) is 0 Å². The fourth-order valence-electron chi connectivity index (χ4n) is 2.90. The number of hydrogen-bond donors (Lipinski definition) is 2. The van der Waals surface area contributed by atoms with Gasteiger partial charge in [-0.05, 0) is 61.6 Å². The molecule has 1 amide bonds. The molecule has 5 nitrogen and oxygen atoms in total. The van der Waals surface area contributed by atoms with E-state index in [4.69, 9.17) is 9.15 Å². The summed E-state index contributed by atoms with van der Waals surface area (Å²) in [5, 5.41) is 12.5. The lowest BCUT2D eigenvalue weighted by Gasteiger charge is -2.13. The number of furan rings is 1. The van der Waals surface area contributed by atoms with E-state index in [-0.39, 0.29) is 12.5 Å². The van der Waals surface area contributed by atoms with Crippen molar-refractivity contribution in [3.63, 3.8) is 0 Å². The van der Waals surface area contributed by atoms with Crippen molar-refractivity contribution in [3.05, 3.63) is 60.1 Å². The van der Waals surface area contributed by atoms with Gasteiger partial charge in [-0.25, -0.2) is 0 Å². The van der Waals surface area contributed by atoms with Gasteiger partial charge in [0.2, 0.25) is 5.91 Å². The third kappa shape index (κ3) is 5.22. The Morgan fingerprint density at radius 3 is 2.92 bits per heavy atom. The zero-order chi connectivity index (χ0) is 17.5. The molecule has 0 bridgehead atoms. The normalized spacial score (nSPS) is 16.2. The van der Waals surface area contributed by atoms with Crippen molar-refractivity contribution in [2.24, 2.45) is 0 Å². The van der Waals surface area contributed by atoms with Crippen molar-refractivity contribution < 1.29 is 19.1 Å². The molecule has 0 aliphatic heterocycles. The SMILES string of the molecule is O=C(/C=C/c1cccc(OC2CCCC2)c1)NCC(O)c1ccco1. The Morgan fingerprint density at radius 2 is 2.16 bits per heavy atom. The molecule has 1 atom stereocenters. The predicted molar refractivity (Wildman–Crippen MR) is 95.0 cm³/mol. The van der Waals surface area contributed by atoms with Crippen molar-refractivity contribution in [3.8, 4) is 5.75 Å². The van der Waals surface area contributed by atoms with Gasteiger partial charge in [0.05, 0.1) is 18.9 Å². The molecule has 1 aliphatic rings. The number of hydrogen-bond acceptors (Lipinski definition) is 4. The first kappa shape index (κ1) is 17.3. The van der Waals surface area contributed by atoms with Gasteiger partial charge in [-0.2, -0.15) is 0 Å². The van der Waals surface area contributed by atoms with Crippen LogP contribution in [0, 0.1) is 0 Å². The molecule has 3 rings (SSSR count). The zero-order valence-corrected chi connectivity index (χ0v) is 14.1. The fourth-order valence-corrected chi connectivity index (χ4v) is 2.90. The Morgan fingerprint density at radius 1 is 1.32 bits per heavy atom. The number of aliphatic hydroxyl groups excluding tert-OH is 1. The molecule has 1 aromatic carbocycles. The molecule has 2 aromatic rings. The van der Waals surface area contributed by atoms with Gasteiger partial charge in [-0.15, -0.1) is 0 Å². The molecule has 0 spiro atoms. The summed E-state index contributed by atoms with van der Waals surface area (Å²) in [6.07, 6.45) is 8.81. The number of benzene rings is 1. The van der Waals surface area contributed by atoms with Crippen LogP contribution in [0.5, 0.6) is 5.75 Å². The smallest absolute Gasteiger partial charge is 0.244 e. The second kappa shape index (κ2) is 8.53. The zero-order valence-electron chi connectivity index (χ0n) is 14.1. The van der Waals surface area contributed by atoms with Crippen LogP contribution in [0.3, 0.4) is 0 Å². The lowest BCUT2D eigenvalue weighted by molar-refractivity contribution is -0.116. The van der Waals surface area contributed by atoms with Gasteiger partial charge >= 0.3 is 0 Å². The van der Waals surface area contributed by atoms with Crippen molar-refractivity contribution in [1.82, 2.24) is 5.32 Å². The molecular formula is C20H23NO4. The quantitative estimate of drug-likeness (QED) is 0.757. The van der Waals surface area contributed by atoms with Crippen LogP contribution in [-0.4, -0.2) is 23.7 Å². The first-order chi connectivity index (χ1) is 12.2. The maximum Gasteiger partial charge on any atom is 0.244 e. The van der Waals surface area contributed by atoms with Crippen LogP contribution in [0.4, 0.5) is 0 Å². The maximum absolute atomic E-state index is 11.9. The van der Waals surface area contributed by atoms with E-state index in [1.807, 2.05) is 24.3 Å². The molecule has 25 heavy (non-hydrogen) atoms. The molecule has 132 valence electrons. The summed E-state index contributed by atoms with van der Waals surface area (Å²) in [4.78, 5) is 11.9. The standard InChI is InChI=1S/C20H23NO4/c22-18(19-9-4-12-24-19)14-21-20(23)11-10-15-5-3-8-17(13-15)25-16-6-1-2-7-16/h3-5,8-13,16,18,22H,1-2,6-7,14H2,(H,21,23)/b11-10+. The number of rotatable bonds is 7. The van der Waals surface area contributed by atoms with Crippen LogP contribution in [0.1, 0.15) is 43.1 Å². The molecule has 1 aliphatic carbocycles. The highest BCUT2D eigenvalue weighted by Crippen LogP contribution is 2.24.